The highest BCUT2D eigenvalue weighted by Crippen LogP contribution is 2.16. The average molecular weight is 343 g/mol. The van der Waals surface area contributed by atoms with Gasteiger partial charge in [-0.15, -0.1) is 0 Å². The first kappa shape index (κ1) is 18.5. The van der Waals surface area contributed by atoms with E-state index in [1.165, 1.54) is 6.07 Å². The van der Waals surface area contributed by atoms with Crippen LogP contribution in [-0.4, -0.2) is 37.3 Å². The molecule has 2 N–H and O–H groups in total. The van der Waals surface area contributed by atoms with Crippen LogP contribution < -0.4 is 10.1 Å². The van der Waals surface area contributed by atoms with Crippen LogP contribution in [0.15, 0.2) is 48.5 Å². The molecule has 0 aliphatic carbocycles. The van der Waals surface area contributed by atoms with Crippen LogP contribution in [0.4, 0.5) is 5.69 Å². The number of hydrogen-bond acceptors (Lipinski definition) is 4. The number of aryl methyl sites for hydroxylation is 1. The van der Waals surface area contributed by atoms with Gasteiger partial charge in [-0.25, -0.2) is 4.79 Å². The molecule has 0 atom stereocenters. The first-order valence-corrected chi connectivity index (χ1v) is 7.93. The van der Waals surface area contributed by atoms with Crippen molar-refractivity contribution in [3.63, 3.8) is 0 Å². The molecule has 0 bridgehead atoms. The molecule has 0 aliphatic rings. The number of carbonyl (C=O) groups excluding carboxylic acids is 1. The minimum Gasteiger partial charge on any atom is -0.491 e. The second-order valence-electron chi connectivity index (χ2n) is 5.38. The average Bonchev–Trinajstić information content (AvgIpc) is 2.62. The standard InChI is InChI=1S/C19H21NO5/c1-24-12-13-25-16-9-7-15(8-10-16)20-18(21)11-6-14-4-2-3-5-17(14)19(22)23/h2-5,7-10H,6,11-13H2,1H3,(H,20,21)(H,22,23). The molecular formula is C19H21NO5. The van der Waals surface area contributed by atoms with Crippen molar-refractivity contribution in [3.05, 3.63) is 59.7 Å². The minimum absolute atomic E-state index is 0.173. The van der Waals surface area contributed by atoms with Gasteiger partial charge in [-0.2, -0.15) is 0 Å². The normalized spacial score (nSPS) is 10.3. The van der Waals surface area contributed by atoms with Crippen molar-refractivity contribution in [2.45, 2.75) is 12.8 Å². The molecule has 6 heteroatoms. The largest absolute Gasteiger partial charge is 0.491 e. The van der Waals surface area contributed by atoms with Gasteiger partial charge in [0.05, 0.1) is 12.2 Å². The van der Waals surface area contributed by atoms with Crippen LogP contribution in [0.25, 0.3) is 0 Å². The Bertz CT molecular complexity index is 712. The fourth-order valence-corrected chi connectivity index (χ4v) is 2.30. The number of benzene rings is 2. The summed E-state index contributed by atoms with van der Waals surface area (Å²) in [6.07, 6.45) is 0.572. The molecule has 0 fully saturated rings. The Morgan fingerprint density at radius 1 is 1.04 bits per heavy atom. The van der Waals surface area contributed by atoms with Gasteiger partial charge in [-0.1, -0.05) is 18.2 Å². The Morgan fingerprint density at radius 3 is 2.44 bits per heavy atom. The fraction of sp³-hybridized carbons (Fsp3) is 0.263. The molecular weight excluding hydrogens is 322 g/mol. The maximum absolute atomic E-state index is 12.1. The van der Waals surface area contributed by atoms with E-state index in [4.69, 9.17) is 14.6 Å². The number of nitrogens with one attached hydrogen (secondary N) is 1. The zero-order valence-electron chi connectivity index (χ0n) is 14.0. The van der Waals surface area contributed by atoms with E-state index in [1.54, 1.807) is 49.6 Å². The maximum Gasteiger partial charge on any atom is 0.335 e. The number of ether oxygens (including phenoxy) is 2. The smallest absolute Gasteiger partial charge is 0.335 e. The Morgan fingerprint density at radius 2 is 1.76 bits per heavy atom. The number of carboxylic acid groups (broad SMARTS) is 1. The van der Waals surface area contributed by atoms with Gasteiger partial charge >= 0.3 is 5.97 Å². The lowest BCUT2D eigenvalue weighted by Crippen LogP contribution is -2.13. The number of anilines is 1. The Labute approximate surface area is 146 Å². The number of aromatic carboxylic acids is 1. The number of carboxylic acids is 1. The van der Waals surface area contributed by atoms with E-state index < -0.39 is 5.97 Å². The van der Waals surface area contributed by atoms with Gasteiger partial charge in [0.25, 0.3) is 0 Å². The van der Waals surface area contributed by atoms with Gasteiger partial charge in [0, 0.05) is 19.2 Å². The van der Waals surface area contributed by atoms with Gasteiger partial charge < -0.3 is 19.9 Å². The summed E-state index contributed by atoms with van der Waals surface area (Å²) in [6, 6.07) is 13.7. The predicted molar refractivity (Wildman–Crippen MR) is 94.2 cm³/mol. The van der Waals surface area contributed by atoms with Crippen LogP contribution in [0.5, 0.6) is 5.75 Å². The lowest BCUT2D eigenvalue weighted by Gasteiger charge is -2.09. The molecule has 0 saturated heterocycles. The topological polar surface area (TPSA) is 84.9 Å². The summed E-state index contributed by atoms with van der Waals surface area (Å²) in [6.45, 7) is 0.974. The molecule has 2 aromatic carbocycles. The number of methoxy groups -OCH3 is 1. The highest BCUT2D eigenvalue weighted by Gasteiger charge is 2.10. The number of rotatable bonds is 9. The quantitative estimate of drug-likeness (QED) is 0.684. The number of amides is 1. The zero-order valence-corrected chi connectivity index (χ0v) is 14.0. The first-order chi connectivity index (χ1) is 12.1. The summed E-state index contributed by atoms with van der Waals surface area (Å²) >= 11 is 0. The molecule has 6 nitrogen and oxygen atoms in total. The first-order valence-electron chi connectivity index (χ1n) is 7.93. The van der Waals surface area contributed by atoms with Crippen LogP contribution in [0.2, 0.25) is 0 Å². The van der Waals surface area contributed by atoms with Crippen molar-refractivity contribution < 1.29 is 24.2 Å². The molecule has 0 unspecified atom stereocenters. The summed E-state index contributed by atoms with van der Waals surface area (Å²) in [5, 5.41) is 11.9. The lowest BCUT2D eigenvalue weighted by molar-refractivity contribution is -0.116. The summed E-state index contributed by atoms with van der Waals surface area (Å²) in [4.78, 5) is 23.2. The third-order valence-electron chi connectivity index (χ3n) is 3.56. The Hall–Kier alpha value is -2.86. The molecule has 0 aromatic heterocycles. The van der Waals surface area contributed by atoms with E-state index in [1.807, 2.05) is 0 Å². The minimum atomic E-state index is -0.986. The summed E-state index contributed by atoms with van der Waals surface area (Å²) in [5.41, 5.74) is 1.54. The molecule has 132 valence electrons. The Kier molecular flexibility index (Phi) is 6.98. The van der Waals surface area contributed by atoms with E-state index in [9.17, 15) is 9.59 Å². The molecule has 0 saturated carbocycles. The SMILES string of the molecule is COCCOc1ccc(NC(=O)CCc2ccccc2C(=O)O)cc1. The van der Waals surface area contributed by atoms with Crippen LogP contribution in [0, 0.1) is 0 Å². The number of carbonyl (C=O) groups is 2. The second kappa shape index (κ2) is 9.44. The summed E-state index contributed by atoms with van der Waals surface area (Å²) in [7, 11) is 1.61. The van der Waals surface area contributed by atoms with Crippen molar-refractivity contribution in [1.82, 2.24) is 0 Å². The maximum atomic E-state index is 12.1. The van der Waals surface area contributed by atoms with Gasteiger partial charge in [-0.05, 0) is 42.3 Å². The lowest BCUT2D eigenvalue weighted by atomic mass is 10.0. The molecule has 2 aromatic rings. The molecule has 0 radical (unpaired) electrons. The van der Waals surface area contributed by atoms with Gasteiger partial charge in [-0.3, -0.25) is 4.79 Å². The summed E-state index contributed by atoms with van der Waals surface area (Å²) in [5.74, 6) is -0.459. The van der Waals surface area contributed by atoms with E-state index in [-0.39, 0.29) is 17.9 Å². The second-order valence-corrected chi connectivity index (χ2v) is 5.38. The van der Waals surface area contributed by atoms with Gasteiger partial charge in [0.15, 0.2) is 0 Å². The van der Waals surface area contributed by atoms with Crippen molar-refractivity contribution in [2.24, 2.45) is 0 Å². The molecule has 25 heavy (non-hydrogen) atoms. The van der Waals surface area contributed by atoms with Crippen LogP contribution in [0.1, 0.15) is 22.3 Å². The van der Waals surface area contributed by atoms with E-state index in [2.05, 4.69) is 5.32 Å². The van der Waals surface area contributed by atoms with Crippen molar-refractivity contribution in [2.75, 3.05) is 25.6 Å². The van der Waals surface area contributed by atoms with E-state index >= 15 is 0 Å². The van der Waals surface area contributed by atoms with Gasteiger partial charge in [0.2, 0.25) is 5.91 Å². The van der Waals surface area contributed by atoms with E-state index in [0.29, 0.717) is 36.6 Å². The third-order valence-corrected chi connectivity index (χ3v) is 3.56. The fourth-order valence-electron chi connectivity index (χ4n) is 2.30. The Balaban J connectivity index is 1.85. The van der Waals surface area contributed by atoms with Crippen LogP contribution in [0.3, 0.4) is 0 Å². The highest BCUT2D eigenvalue weighted by atomic mass is 16.5. The van der Waals surface area contributed by atoms with Crippen molar-refractivity contribution >= 4 is 17.6 Å². The molecule has 0 spiro atoms. The van der Waals surface area contributed by atoms with Gasteiger partial charge in [0.1, 0.15) is 12.4 Å². The van der Waals surface area contributed by atoms with Crippen LogP contribution >= 0.6 is 0 Å². The molecule has 0 heterocycles. The summed E-state index contributed by atoms with van der Waals surface area (Å²) < 4.78 is 10.4. The van der Waals surface area contributed by atoms with Crippen molar-refractivity contribution in [3.8, 4) is 5.75 Å². The molecule has 0 aliphatic heterocycles. The molecule has 1 amide bonds. The third kappa shape index (κ3) is 5.93. The number of hydrogen-bond donors (Lipinski definition) is 2. The zero-order chi connectivity index (χ0) is 18.1. The molecule has 2 rings (SSSR count). The van der Waals surface area contributed by atoms with E-state index in [0.717, 1.165) is 0 Å². The highest BCUT2D eigenvalue weighted by molar-refractivity contribution is 5.92. The predicted octanol–water partition coefficient (Wildman–Crippen LogP) is 2.98. The van der Waals surface area contributed by atoms with Crippen LogP contribution in [-0.2, 0) is 16.0 Å². The monoisotopic (exact) mass is 343 g/mol. The van der Waals surface area contributed by atoms with Crippen molar-refractivity contribution in [1.29, 1.82) is 0 Å².